The highest BCUT2D eigenvalue weighted by Gasteiger charge is 2.44. The number of carbonyl (C=O) groups excluding carboxylic acids is 3. The van der Waals surface area contributed by atoms with Crippen LogP contribution in [0.4, 0.5) is 13.2 Å². The summed E-state index contributed by atoms with van der Waals surface area (Å²) in [7, 11) is 0. The number of fused-ring (bicyclic) bond motifs is 1. The highest BCUT2D eigenvalue weighted by molar-refractivity contribution is 5.95. The van der Waals surface area contributed by atoms with E-state index < -0.39 is 34.3 Å². The summed E-state index contributed by atoms with van der Waals surface area (Å²) in [6.07, 6.45) is 9.18. The van der Waals surface area contributed by atoms with Crippen molar-refractivity contribution in [1.82, 2.24) is 34.8 Å². The molecule has 2 aromatic carbocycles. The Hall–Kier alpha value is -5.67. The first kappa shape index (κ1) is 41.1. The molecule has 0 bridgehead atoms. The Morgan fingerprint density at radius 1 is 0.800 bits per heavy atom. The van der Waals surface area contributed by atoms with Crippen LogP contribution >= 0.6 is 0 Å². The van der Waals surface area contributed by atoms with Crippen LogP contribution in [0.1, 0.15) is 55.1 Å². The van der Waals surface area contributed by atoms with Crippen molar-refractivity contribution < 1.29 is 32.3 Å². The van der Waals surface area contributed by atoms with E-state index in [4.69, 9.17) is 4.74 Å². The number of ether oxygens (including phenoxy) is 1. The van der Waals surface area contributed by atoms with Crippen LogP contribution in [0, 0.1) is 17.0 Å². The fraction of sp³-hybridized carbons (Fsp3) is 0.422. The van der Waals surface area contributed by atoms with E-state index in [9.17, 15) is 19.2 Å². The summed E-state index contributed by atoms with van der Waals surface area (Å²) in [5, 5.41) is 8.03. The Balaban J connectivity index is 0.760. The summed E-state index contributed by atoms with van der Waals surface area (Å²) < 4.78 is 51.9. The minimum absolute atomic E-state index is 0.00589. The van der Waals surface area contributed by atoms with Crippen LogP contribution in [-0.2, 0) is 20.7 Å². The normalized spacial score (nSPS) is 20.9. The van der Waals surface area contributed by atoms with Crippen molar-refractivity contribution in [2.75, 3.05) is 58.9 Å². The largest absolute Gasteiger partial charge is 0.375 e. The second kappa shape index (κ2) is 17.5. The Bertz CT molecular complexity index is 2360. The Kier molecular flexibility index (Phi) is 12.0. The number of piperidine rings is 2. The van der Waals surface area contributed by atoms with Gasteiger partial charge in [0.15, 0.2) is 0 Å². The zero-order valence-electron chi connectivity index (χ0n) is 33.5. The van der Waals surface area contributed by atoms with E-state index in [1.165, 1.54) is 29.3 Å². The molecule has 0 saturated carbocycles. The minimum Gasteiger partial charge on any atom is -0.375 e. The smallest absolute Gasteiger partial charge is 0.272 e. The van der Waals surface area contributed by atoms with Gasteiger partial charge in [-0.15, -0.1) is 0 Å². The van der Waals surface area contributed by atoms with Crippen LogP contribution in [0.25, 0.3) is 21.9 Å². The van der Waals surface area contributed by atoms with Gasteiger partial charge in [0, 0.05) is 82.1 Å². The maximum atomic E-state index is 15.4. The zero-order chi connectivity index (χ0) is 42.0. The number of pyridine rings is 1. The van der Waals surface area contributed by atoms with E-state index >= 15 is 13.2 Å². The van der Waals surface area contributed by atoms with Crippen molar-refractivity contribution in [2.24, 2.45) is 5.41 Å². The van der Waals surface area contributed by atoms with E-state index in [2.05, 4.69) is 20.1 Å². The first-order valence-corrected chi connectivity index (χ1v) is 20.6. The van der Waals surface area contributed by atoms with E-state index in [1.807, 2.05) is 12.1 Å². The summed E-state index contributed by atoms with van der Waals surface area (Å²) in [6.45, 7) is 5.24. The van der Waals surface area contributed by atoms with Crippen molar-refractivity contribution in [3.8, 4) is 11.1 Å². The standard InChI is InChI=1S/C45H48F3N7O5/c1-45(26-29(8-9-39(45)48)23-38-34-6-2-3-7-35(34)42(57)51-50-38)44(59)55-21-19-53(20-22-55)40(56)28-52-15-10-32(11-16-52)60-33-12-17-54(18-13-33)43(58)41-36(46)24-31(25-37(41)47)30-5-4-14-49-27-30/h2-9,14,24-25,27,32-33H,10-13,15-23,26,28H2,1H3,(H,51,57). The Morgan fingerprint density at radius 3 is 2.12 bits per heavy atom. The molecule has 3 aliphatic heterocycles. The number of carbonyl (C=O) groups is 3. The molecule has 1 unspecified atom stereocenters. The Labute approximate surface area is 345 Å². The summed E-state index contributed by atoms with van der Waals surface area (Å²) in [6, 6.07) is 12.9. The summed E-state index contributed by atoms with van der Waals surface area (Å²) in [4.78, 5) is 63.7. The van der Waals surface area contributed by atoms with Gasteiger partial charge in [-0.3, -0.25) is 29.1 Å². The molecule has 3 amide bonds. The fourth-order valence-corrected chi connectivity index (χ4v) is 8.90. The number of rotatable bonds is 9. The van der Waals surface area contributed by atoms with Gasteiger partial charge in [0.1, 0.15) is 28.4 Å². The molecule has 1 atom stereocenters. The molecule has 4 aromatic rings. The molecule has 8 rings (SSSR count). The molecule has 4 aliphatic rings. The van der Waals surface area contributed by atoms with Crippen LogP contribution in [0.2, 0.25) is 0 Å². The molecular formula is C45H48F3N7O5. The molecule has 5 heterocycles. The molecule has 0 spiro atoms. The second-order valence-corrected chi connectivity index (χ2v) is 16.4. The number of nitrogens with one attached hydrogen (secondary N) is 1. The first-order valence-electron chi connectivity index (χ1n) is 20.6. The molecule has 0 radical (unpaired) electrons. The summed E-state index contributed by atoms with van der Waals surface area (Å²) >= 11 is 0. The number of nitrogens with zero attached hydrogens (tertiary/aromatic N) is 6. The van der Waals surface area contributed by atoms with E-state index in [-0.39, 0.29) is 42.5 Å². The predicted molar refractivity (Wildman–Crippen MR) is 218 cm³/mol. The minimum atomic E-state index is -1.39. The maximum Gasteiger partial charge on any atom is 0.272 e. The van der Waals surface area contributed by atoms with Crippen LogP contribution in [-0.4, -0.2) is 124 Å². The average Bonchev–Trinajstić information content (AvgIpc) is 3.26. The van der Waals surface area contributed by atoms with Crippen LogP contribution < -0.4 is 5.56 Å². The van der Waals surface area contributed by atoms with Gasteiger partial charge in [0.25, 0.3) is 11.5 Å². The third-order valence-corrected chi connectivity index (χ3v) is 12.4. The molecule has 3 saturated heterocycles. The summed E-state index contributed by atoms with van der Waals surface area (Å²) in [5.74, 6) is -3.31. The van der Waals surface area contributed by atoms with Crippen LogP contribution in [0.3, 0.4) is 0 Å². The van der Waals surface area contributed by atoms with Gasteiger partial charge in [-0.1, -0.05) is 35.9 Å². The summed E-state index contributed by atoms with van der Waals surface area (Å²) in [5.41, 5.74) is 0.117. The number of aromatic amines is 1. The monoisotopic (exact) mass is 823 g/mol. The lowest BCUT2D eigenvalue weighted by Gasteiger charge is -2.41. The average molecular weight is 824 g/mol. The number of H-pyrrole nitrogens is 1. The number of amides is 3. The molecular weight excluding hydrogens is 776 g/mol. The highest BCUT2D eigenvalue weighted by atomic mass is 19.1. The van der Waals surface area contributed by atoms with E-state index in [1.54, 1.807) is 53.3 Å². The molecule has 15 heteroatoms. The predicted octanol–water partition coefficient (Wildman–Crippen LogP) is 5.45. The van der Waals surface area contributed by atoms with Gasteiger partial charge < -0.3 is 19.4 Å². The number of hydrogen-bond donors (Lipinski definition) is 1. The van der Waals surface area contributed by atoms with Gasteiger partial charge >= 0.3 is 0 Å². The van der Waals surface area contributed by atoms with Crippen molar-refractivity contribution in [2.45, 2.75) is 57.7 Å². The van der Waals surface area contributed by atoms with Crippen LogP contribution in [0.15, 0.2) is 89.3 Å². The number of piperazine rings is 1. The topological polar surface area (TPSA) is 132 Å². The number of halogens is 3. The van der Waals surface area contributed by atoms with Gasteiger partial charge in [-0.2, -0.15) is 5.10 Å². The van der Waals surface area contributed by atoms with Crippen molar-refractivity contribution in [1.29, 1.82) is 0 Å². The zero-order valence-corrected chi connectivity index (χ0v) is 33.5. The van der Waals surface area contributed by atoms with Crippen LogP contribution in [0.5, 0.6) is 0 Å². The quantitative estimate of drug-likeness (QED) is 0.236. The highest BCUT2D eigenvalue weighted by Crippen LogP contribution is 2.41. The molecule has 2 aromatic heterocycles. The van der Waals surface area contributed by atoms with Gasteiger partial charge in [-0.05, 0) is 74.9 Å². The number of allylic oxidation sites excluding steroid dienone is 3. The molecule has 60 heavy (non-hydrogen) atoms. The van der Waals surface area contributed by atoms with Crippen molar-refractivity contribution in [3.63, 3.8) is 0 Å². The second-order valence-electron chi connectivity index (χ2n) is 16.4. The third kappa shape index (κ3) is 8.64. The SMILES string of the molecule is CC1(C(=O)N2CCN(C(=O)CN3CCC(OC4CCN(C(=O)c5c(F)cc(-c6cccnc6)cc5F)CC4)CC3)CC2)CC(Cc2n[nH]c(=O)c3ccccc23)=CC=C1F. The number of likely N-dealkylation sites (tertiary alicyclic amines) is 2. The molecule has 12 nitrogen and oxygen atoms in total. The van der Waals surface area contributed by atoms with Gasteiger partial charge in [0.05, 0.1) is 29.8 Å². The lowest BCUT2D eigenvalue weighted by Crippen LogP contribution is -2.56. The van der Waals surface area contributed by atoms with Gasteiger partial charge in [-0.25, -0.2) is 18.3 Å². The van der Waals surface area contributed by atoms with Crippen molar-refractivity contribution in [3.05, 3.63) is 118 Å². The third-order valence-electron chi connectivity index (χ3n) is 12.4. The van der Waals surface area contributed by atoms with Crippen molar-refractivity contribution >= 4 is 28.5 Å². The number of benzene rings is 2. The molecule has 314 valence electrons. The number of aromatic nitrogens is 3. The van der Waals surface area contributed by atoms with E-state index in [0.29, 0.717) is 99.2 Å². The lowest BCUT2D eigenvalue weighted by molar-refractivity contribution is -0.146. The molecule has 3 fully saturated rings. The molecule has 1 N–H and O–H groups in total. The number of hydrogen-bond acceptors (Lipinski definition) is 8. The lowest BCUT2D eigenvalue weighted by atomic mass is 9.76. The maximum absolute atomic E-state index is 15.4. The first-order chi connectivity index (χ1) is 29.0. The Morgan fingerprint density at radius 2 is 1.45 bits per heavy atom. The van der Waals surface area contributed by atoms with Gasteiger partial charge in [0.2, 0.25) is 11.8 Å². The molecule has 1 aliphatic carbocycles. The fourth-order valence-electron chi connectivity index (χ4n) is 8.90. The van der Waals surface area contributed by atoms with E-state index in [0.717, 1.165) is 18.4 Å².